The maximum Gasteiger partial charge on any atom is 0.274 e. The van der Waals surface area contributed by atoms with Gasteiger partial charge in [-0.25, -0.2) is 4.68 Å². The summed E-state index contributed by atoms with van der Waals surface area (Å²) in [6.07, 6.45) is 0. The maximum absolute atomic E-state index is 13.2. The summed E-state index contributed by atoms with van der Waals surface area (Å²) in [5, 5.41) is 10.9. The molecule has 4 rings (SSSR count). The molecule has 3 aromatic carbocycles. The van der Waals surface area contributed by atoms with Gasteiger partial charge in [-0.2, -0.15) is 5.10 Å². The summed E-state index contributed by atoms with van der Waals surface area (Å²) in [5.74, 6) is -0.0480. The number of carbonyl (C=O) groups is 1. The molecule has 30 heavy (non-hydrogen) atoms. The molecule has 0 aliphatic heterocycles. The Labute approximate surface area is 175 Å². The van der Waals surface area contributed by atoms with Crippen molar-refractivity contribution in [1.82, 2.24) is 15.1 Å². The number of amides is 1. The molecule has 0 saturated heterocycles. The highest BCUT2D eigenvalue weighted by Crippen LogP contribution is 2.21. The third-order valence-corrected chi connectivity index (χ3v) is 5.24. The molecule has 5 heteroatoms. The van der Waals surface area contributed by atoms with Crippen LogP contribution in [-0.2, 0) is 6.54 Å². The highest BCUT2D eigenvalue weighted by atomic mass is 16.2. The van der Waals surface area contributed by atoms with Crippen LogP contribution in [-0.4, -0.2) is 15.7 Å². The summed E-state index contributed by atoms with van der Waals surface area (Å²) in [7, 11) is 0. The smallest absolute Gasteiger partial charge is 0.274 e. The molecule has 152 valence electrons. The van der Waals surface area contributed by atoms with Gasteiger partial charge in [0, 0.05) is 11.9 Å². The van der Waals surface area contributed by atoms with Gasteiger partial charge in [0.2, 0.25) is 0 Å². The van der Waals surface area contributed by atoms with Crippen molar-refractivity contribution in [3.05, 3.63) is 88.3 Å². The zero-order valence-corrected chi connectivity index (χ0v) is 17.4. The molecule has 0 bridgehead atoms. The molecule has 1 aromatic heterocycles. The predicted molar refractivity (Wildman–Crippen MR) is 121 cm³/mol. The van der Waals surface area contributed by atoms with E-state index >= 15 is 0 Å². The van der Waals surface area contributed by atoms with E-state index in [-0.39, 0.29) is 29.1 Å². The van der Waals surface area contributed by atoms with E-state index in [9.17, 15) is 9.59 Å². The number of carbonyl (C=O) groups excluding carboxylic acids is 1. The Morgan fingerprint density at radius 2 is 1.60 bits per heavy atom. The number of nitrogens with zero attached hydrogens (tertiary/aromatic N) is 2. The number of nitrogens with one attached hydrogen (secondary N) is 1. The molecule has 1 atom stereocenters. The Morgan fingerprint density at radius 3 is 2.33 bits per heavy atom. The van der Waals surface area contributed by atoms with Crippen molar-refractivity contribution in [2.75, 3.05) is 0 Å². The number of rotatable bonds is 5. The Kier molecular flexibility index (Phi) is 5.36. The van der Waals surface area contributed by atoms with Gasteiger partial charge in [0.1, 0.15) is 0 Å². The van der Waals surface area contributed by atoms with Crippen LogP contribution in [0.4, 0.5) is 0 Å². The molecule has 0 radical (unpaired) electrons. The van der Waals surface area contributed by atoms with E-state index in [4.69, 9.17) is 0 Å². The average molecular weight is 399 g/mol. The Bertz CT molecular complexity index is 1290. The van der Waals surface area contributed by atoms with Crippen molar-refractivity contribution >= 4 is 27.5 Å². The summed E-state index contributed by atoms with van der Waals surface area (Å²) >= 11 is 0. The minimum absolute atomic E-state index is 0.168. The van der Waals surface area contributed by atoms with Gasteiger partial charge in [-0.05, 0) is 41.3 Å². The monoisotopic (exact) mass is 399 g/mol. The van der Waals surface area contributed by atoms with E-state index in [1.165, 1.54) is 4.68 Å². The summed E-state index contributed by atoms with van der Waals surface area (Å²) < 4.78 is 1.41. The fourth-order valence-corrected chi connectivity index (χ4v) is 3.70. The second-order valence-corrected chi connectivity index (χ2v) is 8.08. The van der Waals surface area contributed by atoms with E-state index in [2.05, 4.69) is 34.7 Å². The number of aromatic nitrogens is 2. The maximum atomic E-state index is 13.2. The summed E-state index contributed by atoms with van der Waals surface area (Å²) in [4.78, 5) is 25.9. The van der Waals surface area contributed by atoms with Crippen LogP contribution in [0.1, 0.15) is 42.9 Å². The zero-order chi connectivity index (χ0) is 21.3. The van der Waals surface area contributed by atoms with Gasteiger partial charge in [-0.3, -0.25) is 9.59 Å². The minimum Gasteiger partial charge on any atom is -0.344 e. The molecule has 1 unspecified atom stereocenters. The number of benzene rings is 3. The summed E-state index contributed by atoms with van der Waals surface area (Å²) in [5.41, 5.74) is 1.12. The first-order valence-electron chi connectivity index (χ1n) is 10.2. The van der Waals surface area contributed by atoms with Crippen LogP contribution in [0.15, 0.2) is 71.5 Å². The topological polar surface area (TPSA) is 64.0 Å². The molecular formula is C25H25N3O2. The fourth-order valence-electron chi connectivity index (χ4n) is 3.70. The highest BCUT2D eigenvalue weighted by Gasteiger charge is 2.19. The standard InChI is InChI=1S/C25H25N3O2/c1-16(2)15-28-25(30)22-11-7-6-10-21(22)23(27-28)24(29)26-17(3)19-13-12-18-8-4-5-9-20(18)14-19/h4-14,16-17H,15H2,1-3H3,(H,26,29). The van der Waals surface area contributed by atoms with Crippen LogP contribution < -0.4 is 10.9 Å². The van der Waals surface area contributed by atoms with Crippen molar-refractivity contribution < 1.29 is 4.79 Å². The van der Waals surface area contributed by atoms with Gasteiger partial charge in [-0.15, -0.1) is 0 Å². The molecule has 0 aliphatic rings. The molecule has 5 nitrogen and oxygen atoms in total. The van der Waals surface area contributed by atoms with Crippen molar-refractivity contribution in [1.29, 1.82) is 0 Å². The lowest BCUT2D eigenvalue weighted by Crippen LogP contribution is -2.32. The molecule has 0 spiro atoms. The molecule has 0 fully saturated rings. The third-order valence-electron chi connectivity index (χ3n) is 5.24. The minimum atomic E-state index is -0.288. The quantitative estimate of drug-likeness (QED) is 0.529. The van der Waals surface area contributed by atoms with Gasteiger partial charge in [0.05, 0.1) is 11.4 Å². The van der Waals surface area contributed by atoms with Crippen molar-refractivity contribution in [2.45, 2.75) is 33.4 Å². The van der Waals surface area contributed by atoms with E-state index in [1.807, 2.05) is 51.1 Å². The van der Waals surface area contributed by atoms with Crippen LogP contribution in [0.2, 0.25) is 0 Å². The van der Waals surface area contributed by atoms with Gasteiger partial charge in [0.15, 0.2) is 5.69 Å². The second kappa shape index (κ2) is 8.11. The van der Waals surface area contributed by atoms with Crippen LogP contribution in [0.3, 0.4) is 0 Å². The SMILES string of the molecule is CC(C)Cn1nc(C(=O)NC(C)c2ccc3ccccc3c2)c2ccccc2c1=O. The first kappa shape index (κ1) is 19.8. The summed E-state index contributed by atoms with van der Waals surface area (Å²) in [6.45, 7) is 6.45. The average Bonchev–Trinajstić information content (AvgIpc) is 2.75. The number of fused-ring (bicyclic) bond motifs is 2. The molecular weight excluding hydrogens is 374 g/mol. The van der Waals surface area contributed by atoms with E-state index in [0.29, 0.717) is 17.3 Å². The number of hydrogen-bond acceptors (Lipinski definition) is 3. The Balaban J connectivity index is 1.69. The van der Waals surface area contributed by atoms with Crippen LogP contribution >= 0.6 is 0 Å². The molecule has 1 amide bonds. The third kappa shape index (κ3) is 3.83. The lowest BCUT2D eigenvalue weighted by atomic mass is 10.0. The molecule has 4 aromatic rings. The molecule has 0 saturated carbocycles. The Morgan fingerprint density at radius 1 is 0.933 bits per heavy atom. The van der Waals surface area contributed by atoms with Gasteiger partial charge >= 0.3 is 0 Å². The van der Waals surface area contributed by atoms with Crippen LogP contribution in [0.25, 0.3) is 21.5 Å². The first-order chi connectivity index (χ1) is 14.4. The normalized spacial score (nSPS) is 12.4. The zero-order valence-electron chi connectivity index (χ0n) is 17.4. The second-order valence-electron chi connectivity index (χ2n) is 8.08. The largest absolute Gasteiger partial charge is 0.344 e. The van der Waals surface area contributed by atoms with E-state index in [1.54, 1.807) is 12.1 Å². The van der Waals surface area contributed by atoms with Gasteiger partial charge < -0.3 is 5.32 Å². The van der Waals surface area contributed by atoms with E-state index in [0.717, 1.165) is 16.3 Å². The van der Waals surface area contributed by atoms with Gasteiger partial charge in [0.25, 0.3) is 11.5 Å². The van der Waals surface area contributed by atoms with Gasteiger partial charge in [-0.1, -0.05) is 68.4 Å². The van der Waals surface area contributed by atoms with Crippen molar-refractivity contribution in [2.24, 2.45) is 5.92 Å². The van der Waals surface area contributed by atoms with Crippen LogP contribution in [0, 0.1) is 5.92 Å². The lowest BCUT2D eigenvalue weighted by molar-refractivity contribution is 0.0934. The van der Waals surface area contributed by atoms with Crippen LogP contribution in [0.5, 0.6) is 0 Å². The first-order valence-corrected chi connectivity index (χ1v) is 10.2. The summed E-state index contributed by atoms with van der Waals surface area (Å²) in [6, 6.07) is 21.3. The fraction of sp³-hybridized carbons (Fsp3) is 0.240. The van der Waals surface area contributed by atoms with E-state index < -0.39 is 0 Å². The molecule has 1 N–H and O–H groups in total. The lowest BCUT2D eigenvalue weighted by Gasteiger charge is -2.17. The molecule has 1 heterocycles. The van der Waals surface area contributed by atoms with Crippen molar-refractivity contribution in [3.8, 4) is 0 Å². The Hall–Kier alpha value is -3.47. The highest BCUT2D eigenvalue weighted by molar-refractivity contribution is 6.04. The molecule has 0 aliphatic carbocycles. The number of hydrogen-bond donors (Lipinski definition) is 1. The predicted octanol–water partition coefficient (Wildman–Crippen LogP) is 4.70. The van der Waals surface area contributed by atoms with Crippen molar-refractivity contribution in [3.63, 3.8) is 0 Å².